The molecule has 0 saturated heterocycles. The van der Waals surface area contributed by atoms with Gasteiger partial charge in [-0.25, -0.2) is 18.2 Å². The molecular formula is C17H16F3N3O2. The third-order valence-corrected chi connectivity index (χ3v) is 4.27. The van der Waals surface area contributed by atoms with Gasteiger partial charge in [-0.2, -0.15) is 0 Å². The fourth-order valence-electron chi connectivity index (χ4n) is 2.80. The fraction of sp³-hybridized carbons (Fsp3) is 0.353. The Kier molecular flexibility index (Phi) is 4.87. The van der Waals surface area contributed by atoms with E-state index < -0.39 is 28.9 Å². The first-order chi connectivity index (χ1) is 11.9. The van der Waals surface area contributed by atoms with Crippen LogP contribution in [0.15, 0.2) is 29.2 Å². The third kappa shape index (κ3) is 4.26. The molecule has 1 aromatic heterocycles. The second kappa shape index (κ2) is 7.08. The highest BCUT2D eigenvalue weighted by molar-refractivity contribution is 5.90. The highest BCUT2D eigenvalue weighted by Crippen LogP contribution is 2.38. The van der Waals surface area contributed by atoms with Crippen LogP contribution in [0.1, 0.15) is 29.0 Å². The molecule has 1 aliphatic carbocycles. The molecule has 8 heteroatoms. The van der Waals surface area contributed by atoms with Crippen molar-refractivity contribution in [2.45, 2.75) is 19.3 Å². The predicted octanol–water partition coefficient (Wildman–Crippen LogP) is 2.19. The van der Waals surface area contributed by atoms with Gasteiger partial charge in [0.25, 0.3) is 11.5 Å². The standard InChI is InChI=1S/C17H16F3N3O2/c18-11-6-13(19)12(14(20)7-11)5-10(9-1-2-9)8-22-17(25)16-21-4-3-15(24)23-16/h3-4,6-7,9-10H,1-2,5,8H2,(H,22,25)(H,21,23,24)/t10-/m0/s1. The number of aromatic nitrogens is 2. The lowest BCUT2D eigenvalue weighted by Gasteiger charge is -2.18. The molecule has 25 heavy (non-hydrogen) atoms. The van der Waals surface area contributed by atoms with Crippen LogP contribution in [0, 0.1) is 29.3 Å². The van der Waals surface area contributed by atoms with Crippen molar-refractivity contribution >= 4 is 5.91 Å². The lowest BCUT2D eigenvalue weighted by molar-refractivity contribution is 0.0934. The molecule has 3 rings (SSSR count). The molecule has 1 fully saturated rings. The molecule has 0 bridgehead atoms. The van der Waals surface area contributed by atoms with Crippen LogP contribution in [0.5, 0.6) is 0 Å². The molecule has 1 atom stereocenters. The summed E-state index contributed by atoms with van der Waals surface area (Å²) in [4.78, 5) is 29.3. The highest BCUT2D eigenvalue weighted by Gasteiger charge is 2.33. The first kappa shape index (κ1) is 17.2. The summed E-state index contributed by atoms with van der Waals surface area (Å²) in [5.74, 6) is -3.45. The summed E-state index contributed by atoms with van der Waals surface area (Å²) in [5, 5.41) is 2.63. The van der Waals surface area contributed by atoms with Crippen LogP contribution in [0.25, 0.3) is 0 Å². The van der Waals surface area contributed by atoms with Crippen molar-refractivity contribution < 1.29 is 18.0 Å². The van der Waals surface area contributed by atoms with E-state index >= 15 is 0 Å². The summed E-state index contributed by atoms with van der Waals surface area (Å²) in [6, 6.07) is 2.49. The van der Waals surface area contributed by atoms with E-state index in [1.54, 1.807) is 0 Å². The normalized spacial score (nSPS) is 15.0. The molecule has 0 unspecified atom stereocenters. The molecule has 2 aromatic rings. The molecule has 1 aromatic carbocycles. The number of carbonyl (C=O) groups excluding carboxylic acids is 1. The molecule has 1 saturated carbocycles. The quantitative estimate of drug-likeness (QED) is 0.838. The molecule has 132 valence electrons. The number of carbonyl (C=O) groups is 1. The van der Waals surface area contributed by atoms with Gasteiger partial charge < -0.3 is 10.3 Å². The van der Waals surface area contributed by atoms with Crippen molar-refractivity contribution in [3.8, 4) is 0 Å². The number of nitrogens with zero attached hydrogens (tertiary/aromatic N) is 1. The van der Waals surface area contributed by atoms with Crippen LogP contribution in [-0.4, -0.2) is 22.4 Å². The number of H-pyrrole nitrogens is 1. The number of aromatic amines is 1. The van der Waals surface area contributed by atoms with Crippen LogP contribution < -0.4 is 10.9 Å². The smallest absolute Gasteiger partial charge is 0.287 e. The Morgan fingerprint density at radius 1 is 1.28 bits per heavy atom. The number of hydrogen-bond acceptors (Lipinski definition) is 3. The average molecular weight is 351 g/mol. The van der Waals surface area contributed by atoms with Crippen LogP contribution >= 0.6 is 0 Å². The van der Waals surface area contributed by atoms with Gasteiger partial charge in [0.15, 0.2) is 5.82 Å². The summed E-state index contributed by atoms with van der Waals surface area (Å²) in [5.41, 5.74) is -0.631. The molecule has 0 spiro atoms. The number of benzene rings is 1. The van der Waals surface area contributed by atoms with Gasteiger partial charge in [-0.05, 0) is 31.1 Å². The van der Waals surface area contributed by atoms with E-state index in [4.69, 9.17) is 0 Å². The van der Waals surface area contributed by atoms with E-state index in [9.17, 15) is 22.8 Å². The minimum absolute atomic E-state index is 0.0572. The van der Waals surface area contributed by atoms with Crippen LogP contribution in [0.2, 0.25) is 0 Å². The van der Waals surface area contributed by atoms with Gasteiger partial charge in [0.05, 0.1) is 0 Å². The van der Waals surface area contributed by atoms with Gasteiger partial charge in [-0.1, -0.05) is 0 Å². The second-order valence-corrected chi connectivity index (χ2v) is 6.14. The van der Waals surface area contributed by atoms with Gasteiger partial charge in [0.2, 0.25) is 0 Å². The monoisotopic (exact) mass is 351 g/mol. The number of rotatable bonds is 6. The largest absolute Gasteiger partial charge is 0.349 e. The van der Waals surface area contributed by atoms with E-state index in [0.717, 1.165) is 12.8 Å². The lowest BCUT2D eigenvalue weighted by Crippen LogP contribution is -2.33. The van der Waals surface area contributed by atoms with Gasteiger partial charge in [-0.15, -0.1) is 0 Å². The molecule has 1 heterocycles. The maximum Gasteiger partial charge on any atom is 0.287 e. The first-order valence-corrected chi connectivity index (χ1v) is 7.91. The first-order valence-electron chi connectivity index (χ1n) is 7.91. The van der Waals surface area contributed by atoms with Gasteiger partial charge in [-0.3, -0.25) is 9.59 Å². The van der Waals surface area contributed by atoms with E-state index in [0.29, 0.717) is 12.1 Å². The SMILES string of the molecule is O=C(NC[C@H](Cc1c(F)cc(F)cc1F)C1CC1)c1nccc(=O)[nH]1. The summed E-state index contributed by atoms with van der Waals surface area (Å²) in [6.45, 7) is 0.179. The van der Waals surface area contributed by atoms with E-state index in [2.05, 4.69) is 15.3 Å². The Balaban J connectivity index is 1.69. The Bertz CT molecular complexity index is 826. The predicted molar refractivity (Wildman–Crippen MR) is 83.4 cm³/mol. The number of amides is 1. The van der Waals surface area contributed by atoms with Crippen molar-refractivity contribution in [3.63, 3.8) is 0 Å². The van der Waals surface area contributed by atoms with Crippen molar-refractivity contribution in [1.82, 2.24) is 15.3 Å². The lowest BCUT2D eigenvalue weighted by atomic mass is 9.94. The van der Waals surface area contributed by atoms with Crippen molar-refractivity contribution in [2.75, 3.05) is 6.54 Å². The zero-order valence-corrected chi connectivity index (χ0v) is 13.2. The number of hydrogen-bond donors (Lipinski definition) is 2. The summed E-state index contributed by atoms with van der Waals surface area (Å²) >= 11 is 0. The van der Waals surface area contributed by atoms with Crippen LogP contribution in [-0.2, 0) is 6.42 Å². The summed E-state index contributed by atoms with van der Waals surface area (Å²) in [6.07, 6.45) is 3.09. The van der Waals surface area contributed by atoms with E-state index in [1.165, 1.54) is 12.3 Å². The maximum absolute atomic E-state index is 13.8. The molecule has 5 nitrogen and oxygen atoms in total. The highest BCUT2D eigenvalue weighted by atomic mass is 19.1. The fourth-order valence-corrected chi connectivity index (χ4v) is 2.80. The number of halogens is 3. The summed E-state index contributed by atoms with van der Waals surface area (Å²) in [7, 11) is 0. The maximum atomic E-state index is 13.8. The van der Waals surface area contributed by atoms with Crippen LogP contribution in [0.3, 0.4) is 0 Å². The Labute approximate surface area is 141 Å². The Morgan fingerprint density at radius 2 is 1.96 bits per heavy atom. The van der Waals surface area contributed by atoms with E-state index in [1.807, 2.05) is 0 Å². The van der Waals surface area contributed by atoms with Crippen LogP contribution in [0.4, 0.5) is 13.2 Å². The molecule has 1 amide bonds. The zero-order valence-electron chi connectivity index (χ0n) is 13.2. The molecule has 0 aliphatic heterocycles. The van der Waals surface area contributed by atoms with Gasteiger partial charge >= 0.3 is 0 Å². The van der Waals surface area contributed by atoms with Crippen molar-refractivity contribution in [1.29, 1.82) is 0 Å². The Hall–Kier alpha value is -2.64. The minimum atomic E-state index is -0.964. The Morgan fingerprint density at radius 3 is 2.56 bits per heavy atom. The van der Waals surface area contributed by atoms with E-state index in [-0.39, 0.29) is 36.2 Å². The zero-order chi connectivity index (χ0) is 18.0. The molecule has 0 radical (unpaired) electrons. The average Bonchev–Trinajstić information content (AvgIpc) is 3.38. The minimum Gasteiger partial charge on any atom is -0.349 e. The summed E-state index contributed by atoms with van der Waals surface area (Å²) < 4.78 is 40.7. The second-order valence-electron chi connectivity index (χ2n) is 6.14. The van der Waals surface area contributed by atoms with Gasteiger partial charge in [0.1, 0.15) is 17.5 Å². The van der Waals surface area contributed by atoms with Gasteiger partial charge in [0, 0.05) is 36.5 Å². The number of nitrogens with one attached hydrogen (secondary N) is 2. The topological polar surface area (TPSA) is 74.8 Å². The molecular weight excluding hydrogens is 335 g/mol. The molecule has 1 aliphatic rings. The van der Waals surface area contributed by atoms with Crippen molar-refractivity contribution in [2.24, 2.45) is 11.8 Å². The molecule has 2 N–H and O–H groups in total. The third-order valence-electron chi connectivity index (χ3n) is 4.27. The van der Waals surface area contributed by atoms with Crippen molar-refractivity contribution in [3.05, 3.63) is 63.6 Å².